The van der Waals surface area contributed by atoms with Crippen LogP contribution in [0.4, 0.5) is 0 Å². The van der Waals surface area contributed by atoms with E-state index in [2.05, 4.69) is 4.98 Å². The fraction of sp³-hybridized carbons (Fsp3) is 0.360. The number of hydrogen-bond donors (Lipinski definition) is 1. The largest absolute Gasteiger partial charge is 0.493 e. The number of carboxylic acids is 1. The Morgan fingerprint density at radius 2 is 1.81 bits per heavy atom. The maximum Gasteiger partial charge on any atom is 0.333 e. The molecule has 31 heavy (non-hydrogen) atoms. The van der Waals surface area contributed by atoms with Gasteiger partial charge >= 0.3 is 5.97 Å². The lowest BCUT2D eigenvalue weighted by Gasteiger charge is -2.16. The molecule has 1 heterocycles. The number of nitrogens with zero attached hydrogens (tertiary/aromatic N) is 1. The van der Waals surface area contributed by atoms with Gasteiger partial charge in [0.05, 0.1) is 12.3 Å². The van der Waals surface area contributed by atoms with Gasteiger partial charge in [-0.25, -0.2) is 9.78 Å². The number of benzene rings is 2. The molecule has 0 amide bonds. The smallest absolute Gasteiger partial charge is 0.333 e. The average Bonchev–Trinajstić information content (AvgIpc) is 3.11. The van der Waals surface area contributed by atoms with E-state index in [-0.39, 0.29) is 0 Å². The van der Waals surface area contributed by atoms with Crippen LogP contribution in [0.3, 0.4) is 0 Å². The molecule has 0 aliphatic rings. The number of carbonyl (C=O) groups is 1. The molecule has 0 aliphatic heterocycles. The second kappa shape index (κ2) is 10.3. The maximum absolute atomic E-state index is 11.4. The van der Waals surface area contributed by atoms with Crippen molar-refractivity contribution < 1.29 is 23.8 Å². The zero-order valence-electron chi connectivity index (χ0n) is 18.5. The number of oxazole rings is 1. The third kappa shape index (κ3) is 5.73. The Labute approximate surface area is 182 Å². The van der Waals surface area contributed by atoms with Crippen LogP contribution < -0.4 is 4.74 Å². The van der Waals surface area contributed by atoms with Crippen molar-refractivity contribution >= 4 is 5.97 Å². The Balaban J connectivity index is 1.65. The molecule has 164 valence electrons. The van der Waals surface area contributed by atoms with E-state index in [1.807, 2.05) is 63.2 Å². The van der Waals surface area contributed by atoms with Crippen molar-refractivity contribution in [2.75, 3.05) is 13.2 Å². The predicted octanol–water partition coefficient (Wildman–Crippen LogP) is 4.92. The van der Waals surface area contributed by atoms with Crippen LogP contribution in [0.5, 0.6) is 5.75 Å². The molecule has 0 unspecified atom stereocenters. The van der Waals surface area contributed by atoms with Crippen molar-refractivity contribution in [1.82, 2.24) is 4.98 Å². The molecule has 1 aromatic heterocycles. The highest BCUT2D eigenvalue weighted by Gasteiger charge is 2.19. The lowest BCUT2D eigenvalue weighted by atomic mass is 10.0. The third-order valence-corrected chi connectivity index (χ3v) is 5.08. The summed E-state index contributed by atoms with van der Waals surface area (Å²) in [4.78, 5) is 16.0. The second-order valence-corrected chi connectivity index (χ2v) is 7.53. The summed E-state index contributed by atoms with van der Waals surface area (Å²) in [6.45, 7) is 8.48. The first-order valence-electron chi connectivity index (χ1n) is 10.5. The minimum absolute atomic E-state index is 0.325. The summed E-state index contributed by atoms with van der Waals surface area (Å²) in [5, 5.41) is 9.32. The van der Waals surface area contributed by atoms with Crippen molar-refractivity contribution in [1.29, 1.82) is 0 Å². The van der Waals surface area contributed by atoms with E-state index in [4.69, 9.17) is 13.9 Å². The average molecular weight is 424 g/mol. The van der Waals surface area contributed by atoms with Crippen LogP contribution in [0.15, 0.2) is 46.9 Å². The molecule has 6 heteroatoms. The number of aryl methyl sites for hydroxylation is 3. The molecule has 0 bridgehead atoms. The van der Waals surface area contributed by atoms with Gasteiger partial charge in [-0.15, -0.1) is 0 Å². The molecule has 0 spiro atoms. The Bertz CT molecular complexity index is 1000. The molecule has 0 radical (unpaired) electrons. The van der Waals surface area contributed by atoms with Gasteiger partial charge in [-0.1, -0.05) is 30.3 Å². The molecule has 0 saturated heterocycles. The van der Waals surface area contributed by atoms with Gasteiger partial charge in [-0.2, -0.15) is 0 Å². The van der Waals surface area contributed by atoms with Crippen molar-refractivity contribution in [3.63, 3.8) is 0 Å². The van der Waals surface area contributed by atoms with Gasteiger partial charge in [-0.3, -0.25) is 0 Å². The fourth-order valence-electron chi connectivity index (χ4n) is 3.63. The lowest BCUT2D eigenvalue weighted by molar-refractivity contribution is -0.149. The fourth-order valence-corrected chi connectivity index (χ4v) is 3.63. The summed E-state index contributed by atoms with van der Waals surface area (Å²) in [6, 6.07) is 13.8. The highest BCUT2D eigenvalue weighted by molar-refractivity contribution is 5.72. The van der Waals surface area contributed by atoms with Gasteiger partial charge in [0.25, 0.3) is 0 Å². The molecule has 0 fully saturated rings. The summed E-state index contributed by atoms with van der Waals surface area (Å²) in [5.41, 5.74) is 4.69. The molecule has 0 saturated carbocycles. The molecule has 3 rings (SSSR count). The van der Waals surface area contributed by atoms with Crippen molar-refractivity contribution in [3.05, 3.63) is 70.6 Å². The number of aliphatic carboxylic acids is 1. The highest BCUT2D eigenvalue weighted by Crippen LogP contribution is 2.27. The van der Waals surface area contributed by atoms with E-state index in [1.54, 1.807) is 6.92 Å². The minimum Gasteiger partial charge on any atom is -0.493 e. The molecule has 2 aromatic carbocycles. The number of hydrogen-bond acceptors (Lipinski definition) is 5. The van der Waals surface area contributed by atoms with Crippen LogP contribution in [-0.4, -0.2) is 35.4 Å². The molecule has 3 aromatic rings. The van der Waals surface area contributed by atoms with E-state index < -0.39 is 12.1 Å². The van der Waals surface area contributed by atoms with Gasteiger partial charge in [0.15, 0.2) is 6.10 Å². The monoisotopic (exact) mass is 423 g/mol. The Kier molecular flexibility index (Phi) is 7.47. The van der Waals surface area contributed by atoms with Crippen LogP contribution in [0.25, 0.3) is 11.5 Å². The number of aromatic nitrogens is 1. The zero-order valence-corrected chi connectivity index (χ0v) is 18.5. The molecule has 1 atom stereocenters. The normalized spacial score (nSPS) is 12.0. The van der Waals surface area contributed by atoms with Crippen molar-refractivity contribution in [2.24, 2.45) is 0 Å². The van der Waals surface area contributed by atoms with Gasteiger partial charge in [0.1, 0.15) is 11.5 Å². The first kappa shape index (κ1) is 22.6. The topological polar surface area (TPSA) is 81.8 Å². The molecule has 0 aliphatic carbocycles. The first-order valence-corrected chi connectivity index (χ1v) is 10.5. The van der Waals surface area contributed by atoms with E-state index in [0.29, 0.717) is 31.9 Å². The van der Waals surface area contributed by atoms with E-state index in [9.17, 15) is 9.90 Å². The highest BCUT2D eigenvalue weighted by atomic mass is 16.5. The predicted molar refractivity (Wildman–Crippen MR) is 119 cm³/mol. The first-order chi connectivity index (χ1) is 14.9. The van der Waals surface area contributed by atoms with Crippen LogP contribution in [0.1, 0.15) is 35.1 Å². The van der Waals surface area contributed by atoms with Crippen LogP contribution in [0, 0.1) is 20.8 Å². The SMILES string of the molecule is CCO[C@@H](Cc1cc(C)c(OCCc2nc(-c3ccccc3)oc2C)c(C)c1)C(=O)O. The molecular formula is C25H29NO5. The summed E-state index contributed by atoms with van der Waals surface area (Å²) >= 11 is 0. The van der Waals surface area contributed by atoms with Gasteiger partial charge in [-0.05, 0) is 56.5 Å². The second-order valence-electron chi connectivity index (χ2n) is 7.53. The molecular weight excluding hydrogens is 394 g/mol. The Hall–Kier alpha value is -3.12. The van der Waals surface area contributed by atoms with E-state index >= 15 is 0 Å². The van der Waals surface area contributed by atoms with E-state index in [1.165, 1.54) is 0 Å². The van der Waals surface area contributed by atoms with Crippen LogP contribution in [0.2, 0.25) is 0 Å². The number of rotatable bonds is 10. The summed E-state index contributed by atoms with van der Waals surface area (Å²) in [7, 11) is 0. The third-order valence-electron chi connectivity index (χ3n) is 5.08. The molecule has 6 nitrogen and oxygen atoms in total. The zero-order chi connectivity index (χ0) is 22.4. The summed E-state index contributed by atoms with van der Waals surface area (Å²) in [5.74, 6) is 1.28. The van der Waals surface area contributed by atoms with Crippen molar-refractivity contribution in [2.45, 2.75) is 46.6 Å². The Morgan fingerprint density at radius 1 is 1.13 bits per heavy atom. The van der Waals surface area contributed by atoms with Crippen LogP contribution in [-0.2, 0) is 22.4 Å². The molecule has 1 N–H and O–H groups in total. The van der Waals surface area contributed by atoms with Gasteiger partial charge < -0.3 is 19.0 Å². The van der Waals surface area contributed by atoms with Gasteiger partial charge in [0, 0.05) is 25.0 Å². The standard InChI is InChI=1S/C25H29NO5/c1-5-29-22(25(27)28)15-19-13-16(2)23(17(3)14-19)30-12-11-21-18(4)31-24(26-21)20-9-7-6-8-10-20/h6-10,13-14,22H,5,11-12,15H2,1-4H3,(H,27,28)/t22-/m0/s1. The number of carboxylic acid groups (broad SMARTS) is 1. The number of ether oxygens (including phenoxy) is 2. The quantitative estimate of drug-likeness (QED) is 0.498. The van der Waals surface area contributed by atoms with E-state index in [0.717, 1.165) is 39.5 Å². The van der Waals surface area contributed by atoms with Crippen LogP contribution >= 0.6 is 0 Å². The van der Waals surface area contributed by atoms with Crippen molar-refractivity contribution in [3.8, 4) is 17.2 Å². The maximum atomic E-state index is 11.4. The lowest BCUT2D eigenvalue weighted by Crippen LogP contribution is -2.26. The summed E-state index contributed by atoms with van der Waals surface area (Å²) < 4.78 is 17.2. The van der Waals surface area contributed by atoms with Gasteiger partial charge in [0.2, 0.25) is 5.89 Å². The summed E-state index contributed by atoms with van der Waals surface area (Å²) in [6.07, 6.45) is 0.115. The minimum atomic E-state index is -0.949. The Morgan fingerprint density at radius 3 is 2.42 bits per heavy atom.